The number of hydrogen-bond donors (Lipinski definition) is 1. The van der Waals surface area contributed by atoms with Crippen LogP contribution in [-0.2, 0) is 4.74 Å². The van der Waals surface area contributed by atoms with E-state index >= 15 is 0 Å². The van der Waals surface area contributed by atoms with Gasteiger partial charge in [0.1, 0.15) is 5.60 Å². The second kappa shape index (κ2) is 5.04. The molecule has 4 nitrogen and oxygen atoms in total. The van der Waals surface area contributed by atoms with E-state index in [0.29, 0.717) is 0 Å². The van der Waals surface area contributed by atoms with Gasteiger partial charge in [0.2, 0.25) is 0 Å². The Morgan fingerprint density at radius 3 is 2.50 bits per heavy atom. The van der Waals surface area contributed by atoms with Gasteiger partial charge in [-0.25, -0.2) is 4.79 Å². The third-order valence-corrected chi connectivity index (χ3v) is 3.00. The second-order valence-electron chi connectivity index (χ2n) is 5.38. The first-order valence-corrected chi connectivity index (χ1v) is 5.99. The number of ether oxygens (including phenoxy) is 1. The number of aliphatic hydroxyl groups excluding tert-OH is 1. The van der Waals surface area contributed by atoms with E-state index in [0.717, 1.165) is 19.4 Å². The zero-order valence-electron chi connectivity index (χ0n) is 10.7. The van der Waals surface area contributed by atoms with Crippen molar-refractivity contribution in [1.29, 1.82) is 0 Å². The lowest BCUT2D eigenvalue weighted by atomic mass is 9.88. The Bertz CT molecular complexity index is 243. The van der Waals surface area contributed by atoms with Gasteiger partial charge in [0.15, 0.2) is 0 Å². The molecule has 1 aliphatic rings. The van der Waals surface area contributed by atoms with Gasteiger partial charge in [0.05, 0.1) is 0 Å². The fourth-order valence-corrected chi connectivity index (χ4v) is 1.97. The SMILES string of the molecule is CCC(CO)C1CCN1C(=O)OC(C)(C)C. The van der Waals surface area contributed by atoms with Crippen molar-refractivity contribution in [1.82, 2.24) is 4.90 Å². The van der Waals surface area contributed by atoms with Gasteiger partial charge in [-0.3, -0.25) is 0 Å². The molecule has 1 N–H and O–H groups in total. The van der Waals surface area contributed by atoms with Crippen LogP contribution in [0.25, 0.3) is 0 Å². The summed E-state index contributed by atoms with van der Waals surface area (Å²) < 4.78 is 5.32. The Morgan fingerprint density at radius 2 is 2.19 bits per heavy atom. The van der Waals surface area contributed by atoms with Crippen molar-refractivity contribution in [3.63, 3.8) is 0 Å². The summed E-state index contributed by atoms with van der Waals surface area (Å²) in [6.45, 7) is 8.51. The Morgan fingerprint density at radius 1 is 1.56 bits per heavy atom. The topological polar surface area (TPSA) is 49.8 Å². The van der Waals surface area contributed by atoms with Gasteiger partial charge < -0.3 is 14.7 Å². The van der Waals surface area contributed by atoms with Gasteiger partial charge in [-0.15, -0.1) is 0 Å². The van der Waals surface area contributed by atoms with Crippen molar-refractivity contribution >= 4 is 6.09 Å². The van der Waals surface area contributed by atoms with E-state index in [9.17, 15) is 9.90 Å². The number of nitrogens with zero attached hydrogens (tertiary/aromatic N) is 1. The van der Waals surface area contributed by atoms with Crippen molar-refractivity contribution in [2.24, 2.45) is 5.92 Å². The molecular formula is C12H23NO3. The van der Waals surface area contributed by atoms with E-state index in [2.05, 4.69) is 0 Å². The lowest BCUT2D eigenvalue weighted by Gasteiger charge is -2.44. The standard InChI is InChI=1S/C12H23NO3/c1-5-9(8-14)10-6-7-13(10)11(15)16-12(2,3)4/h9-10,14H,5-8H2,1-4H3. The minimum atomic E-state index is -0.446. The number of amides is 1. The molecule has 0 aromatic carbocycles. The minimum Gasteiger partial charge on any atom is -0.444 e. The molecule has 1 amide bonds. The van der Waals surface area contributed by atoms with Crippen molar-refractivity contribution in [3.8, 4) is 0 Å². The second-order valence-corrected chi connectivity index (χ2v) is 5.38. The lowest BCUT2D eigenvalue weighted by molar-refractivity contribution is -0.0249. The summed E-state index contributed by atoms with van der Waals surface area (Å²) in [5, 5.41) is 9.21. The smallest absolute Gasteiger partial charge is 0.410 e. The zero-order chi connectivity index (χ0) is 12.3. The summed E-state index contributed by atoms with van der Waals surface area (Å²) in [5.74, 6) is 0.182. The van der Waals surface area contributed by atoms with Crippen molar-refractivity contribution in [2.75, 3.05) is 13.2 Å². The average Bonchev–Trinajstić information content (AvgIpc) is 2.08. The van der Waals surface area contributed by atoms with Crippen LogP contribution in [0.3, 0.4) is 0 Å². The first-order valence-electron chi connectivity index (χ1n) is 5.99. The maximum Gasteiger partial charge on any atom is 0.410 e. The Kier molecular flexibility index (Phi) is 4.19. The summed E-state index contributed by atoms with van der Waals surface area (Å²) in [4.78, 5) is 13.5. The Labute approximate surface area is 97.6 Å². The Balaban J connectivity index is 2.52. The molecule has 0 aliphatic carbocycles. The third-order valence-electron chi connectivity index (χ3n) is 3.00. The number of hydrogen-bond acceptors (Lipinski definition) is 3. The molecule has 0 spiro atoms. The molecule has 1 saturated heterocycles. The highest BCUT2D eigenvalue weighted by Crippen LogP contribution is 2.28. The van der Waals surface area contributed by atoms with E-state index in [-0.39, 0.29) is 24.7 Å². The molecule has 0 bridgehead atoms. The van der Waals surface area contributed by atoms with E-state index in [1.54, 1.807) is 4.90 Å². The molecule has 1 rings (SSSR count). The van der Waals surface area contributed by atoms with Gasteiger partial charge in [0.25, 0.3) is 0 Å². The van der Waals surface area contributed by atoms with Gasteiger partial charge in [-0.1, -0.05) is 6.92 Å². The summed E-state index contributed by atoms with van der Waals surface area (Å²) in [6.07, 6.45) is 1.61. The fourth-order valence-electron chi connectivity index (χ4n) is 1.97. The van der Waals surface area contributed by atoms with E-state index in [4.69, 9.17) is 4.74 Å². The highest BCUT2D eigenvalue weighted by molar-refractivity contribution is 5.69. The van der Waals surface area contributed by atoms with Crippen LogP contribution in [0.5, 0.6) is 0 Å². The molecule has 16 heavy (non-hydrogen) atoms. The molecule has 0 aromatic heterocycles. The van der Waals surface area contributed by atoms with E-state index in [1.807, 2.05) is 27.7 Å². The number of aliphatic hydroxyl groups is 1. The van der Waals surface area contributed by atoms with Crippen molar-refractivity contribution in [2.45, 2.75) is 52.2 Å². The highest BCUT2D eigenvalue weighted by Gasteiger charge is 2.38. The summed E-state index contributed by atoms with van der Waals surface area (Å²) >= 11 is 0. The lowest BCUT2D eigenvalue weighted by Crippen LogP contribution is -2.56. The fraction of sp³-hybridized carbons (Fsp3) is 0.917. The molecule has 4 heteroatoms. The first-order chi connectivity index (χ1) is 7.39. The zero-order valence-corrected chi connectivity index (χ0v) is 10.7. The van der Waals surface area contributed by atoms with Gasteiger partial charge in [0, 0.05) is 25.1 Å². The van der Waals surface area contributed by atoms with Crippen LogP contribution < -0.4 is 0 Å². The van der Waals surface area contributed by atoms with Crippen LogP contribution in [-0.4, -0.2) is 40.9 Å². The summed E-state index contributed by atoms with van der Waals surface area (Å²) in [7, 11) is 0. The van der Waals surface area contributed by atoms with Gasteiger partial charge >= 0.3 is 6.09 Å². The number of rotatable bonds is 3. The van der Waals surface area contributed by atoms with Crippen LogP contribution in [0, 0.1) is 5.92 Å². The maximum absolute atomic E-state index is 11.8. The molecule has 1 heterocycles. The van der Waals surface area contributed by atoms with Gasteiger partial charge in [-0.05, 0) is 33.6 Å². The van der Waals surface area contributed by atoms with Gasteiger partial charge in [-0.2, -0.15) is 0 Å². The monoisotopic (exact) mass is 229 g/mol. The highest BCUT2D eigenvalue weighted by atomic mass is 16.6. The average molecular weight is 229 g/mol. The molecule has 2 unspecified atom stereocenters. The van der Waals surface area contributed by atoms with Crippen LogP contribution >= 0.6 is 0 Å². The quantitative estimate of drug-likeness (QED) is 0.805. The summed E-state index contributed by atoms with van der Waals surface area (Å²) in [5.41, 5.74) is -0.446. The van der Waals surface area contributed by atoms with Crippen LogP contribution in [0.2, 0.25) is 0 Å². The molecule has 0 saturated carbocycles. The largest absolute Gasteiger partial charge is 0.444 e. The predicted octanol–water partition coefficient (Wildman–Crippen LogP) is 2.01. The first kappa shape index (κ1) is 13.3. The van der Waals surface area contributed by atoms with Crippen LogP contribution in [0.1, 0.15) is 40.5 Å². The van der Waals surface area contributed by atoms with Crippen LogP contribution in [0.15, 0.2) is 0 Å². The van der Waals surface area contributed by atoms with Crippen LogP contribution in [0.4, 0.5) is 4.79 Å². The summed E-state index contributed by atoms with van der Waals surface area (Å²) in [6, 6.07) is 0.157. The molecule has 2 atom stereocenters. The molecule has 94 valence electrons. The number of carbonyl (C=O) groups is 1. The molecule has 0 aromatic rings. The molecular weight excluding hydrogens is 206 g/mol. The normalized spacial score (nSPS) is 22.6. The van der Waals surface area contributed by atoms with Crippen molar-refractivity contribution < 1.29 is 14.6 Å². The minimum absolute atomic E-state index is 0.139. The molecule has 1 fully saturated rings. The van der Waals surface area contributed by atoms with Crippen molar-refractivity contribution in [3.05, 3.63) is 0 Å². The van der Waals surface area contributed by atoms with E-state index < -0.39 is 5.60 Å². The Hall–Kier alpha value is -0.770. The number of likely N-dealkylation sites (tertiary alicyclic amines) is 1. The van der Waals surface area contributed by atoms with E-state index in [1.165, 1.54) is 0 Å². The predicted molar refractivity (Wildman–Crippen MR) is 62.2 cm³/mol. The molecule has 0 radical (unpaired) electrons. The maximum atomic E-state index is 11.8. The molecule has 1 aliphatic heterocycles. The third kappa shape index (κ3) is 3.11. The number of carbonyl (C=O) groups excluding carboxylic acids is 1.